The standard InChI is InChI=1S/C13H23NO/c1-4-13(15)9-10(2)14(3)12-8-6-5-7-11(12)13/h4,10-12,15H,1,5-9H2,2-3H3/t10-,11+,12+,13+/m1/s1. The summed E-state index contributed by atoms with van der Waals surface area (Å²) in [6.45, 7) is 6.05. The summed E-state index contributed by atoms with van der Waals surface area (Å²) in [7, 11) is 2.20. The molecule has 0 aromatic rings. The van der Waals surface area contributed by atoms with Crippen molar-refractivity contribution in [2.45, 2.75) is 56.7 Å². The van der Waals surface area contributed by atoms with E-state index in [-0.39, 0.29) is 0 Å². The van der Waals surface area contributed by atoms with Gasteiger partial charge in [-0.1, -0.05) is 18.9 Å². The van der Waals surface area contributed by atoms with Crippen molar-refractivity contribution in [3.63, 3.8) is 0 Å². The Balaban J connectivity index is 2.25. The molecule has 0 radical (unpaired) electrons. The highest BCUT2D eigenvalue weighted by atomic mass is 16.3. The molecular formula is C13H23NO. The summed E-state index contributed by atoms with van der Waals surface area (Å²) >= 11 is 0. The summed E-state index contributed by atoms with van der Waals surface area (Å²) < 4.78 is 0. The minimum Gasteiger partial charge on any atom is -0.385 e. The van der Waals surface area contributed by atoms with Crippen LogP contribution in [0, 0.1) is 5.92 Å². The van der Waals surface area contributed by atoms with E-state index in [1.54, 1.807) is 6.08 Å². The number of hydrogen-bond acceptors (Lipinski definition) is 2. The second-order valence-electron chi connectivity index (χ2n) is 5.37. The van der Waals surface area contributed by atoms with Crippen LogP contribution in [-0.4, -0.2) is 34.7 Å². The number of nitrogens with zero attached hydrogens (tertiary/aromatic N) is 1. The van der Waals surface area contributed by atoms with Gasteiger partial charge < -0.3 is 10.0 Å². The van der Waals surface area contributed by atoms with Crippen molar-refractivity contribution in [3.8, 4) is 0 Å². The number of likely N-dealkylation sites (tertiary alicyclic amines) is 1. The van der Waals surface area contributed by atoms with E-state index >= 15 is 0 Å². The maximum Gasteiger partial charge on any atom is 0.0882 e. The highest BCUT2D eigenvalue weighted by Crippen LogP contribution is 2.43. The van der Waals surface area contributed by atoms with Crippen LogP contribution in [0.5, 0.6) is 0 Å². The lowest BCUT2D eigenvalue weighted by Crippen LogP contribution is -2.60. The number of piperidine rings is 1. The van der Waals surface area contributed by atoms with Crippen molar-refractivity contribution in [1.29, 1.82) is 0 Å². The maximum absolute atomic E-state index is 10.6. The van der Waals surface area contributed by atoms with Gasteiger partial charge in [-0.15, -0.1) is 6.58 Å². The Morgan fingerprint density at radius 2 is 2.07 bits per heavy atom. The van der Waals surface area contributed by atoms with Crippen LogP contribution in [-0.2, 0) is 0 Å². The highest BCUT2D eigenvalue weighted by molar-refractivity contribution is 5.10. The zero-order valence-corrected chi connectivity index (χ0v) is 9.95. The molecule has 0 aromatic heterocycles. The van der Waals surface area contributed by atoms with Crippen LogP contribution in [0.4, 0.5) is 0 Å². The molecule has 2 fully saturated rings. The van der Waals surface area contributed by atoms with Crippen LogP contribution >= 0.6 is 0 Å². The summed E-state index contributed by atoms with van der Waals surface area (Å²) in [5.41, 5.74) is -0.614. The number of aliphatic hydroxyl groups is 1. The molecule has 15 heavy (non-hydrogen) atoms. The Hall–Kier alpha value is -0.340. The molecule has 4 atom stereocenters. The van der Waals surface area contributed by atoms with Gasteiger partial charge in [-0.3, -0.25) is 0 Å². The largest absolute Gasteiger partial charge is 0.385 e. The lowest BCUT2D eigenvalue weighted by Gasteiger charge is -2.53. The molecule has 0 amide bonds. The van der Waals surface area contributed by atoms with Crippen molar-refractivity contribution >= 4 is 0 Å². The fourth-order valence-electron chi connectivity index (χ4n) is 3.51. The average molecular weight is 209 g/mol. The molecule has 0 bridgehead atoms. The van der Waals surface area contributed by atoms with Crippen molar-refractivity contribution in [3.05, 3.63) is 12.7 Å². The fraction of sp³-hybridized carbons (Fsp3) is 0.846. The third-order valence-corrected chi connectivity index (χ3v) is 4.57. The molecule has 1 N–H and O–H groups in total. The molecule has 1 heterocycles. The molecule has 1 saturated carbocycles. The van der Waals surface area contributed by atoms with Gasteiger partial charge in [0.05, 0.1) is 5.60 Å². The molecule has 86 valence electrons. The van der Waals surface area contributed by atoms with E-state index in [0.29, 0.717) is 18.0 Å². The van der Waals surface area contributed by atoms with Crippen molar-refractivity contribution in [1.82, 2.24) is 4.90 Å². The summed E-state index contributed by atoms with van der Waals surface area (Å²) in [6.07, 6.45) is 7.60. The molecule has 2 rings (SSSR count). The van der Waals surface area contributed by atoms with E-state index in [1.165, 1.54) is 19.3 Å². The molecule has 2 heteroatoms. The maximum atomic E-state index is 10.6. The van der Waals surface area contributed by atoms with Crippen LogP contribution in [0.1, 0.15) is 39.0 Å². The van der Waals surface area contributed by atoms with E-state index in [1.807, 2.05) is 0 Å². The Kier molecular flexibility index (Phi) is 2.91. The monoisotopic (exact) mass is 209 g/mol. The molecule has 0 aromatic carbocycles. The molecule has 1 aliphatic heterocycles. The van der Waals surface area contributed by atoms with E-state index < -0.39 is 5.60 Å². The van der Waals surface area contributed by atoms with E-state index in [4.69, 9.17) is 0 Å². The average Bonchev–Trinajstić information content (AvgIpc) is 2.26. The Bertz CT molecular complexity index is 253. The Labute approximate surface area is 93.0 Å². The van der Waals surface area contributed by atoms with E-state index in [9.17, 15) is 5.11 Å². The van der Waals surface area contributed by atoms with Crippen LogP contribution in [0.3, 0.4) is 0 Å². The summed E-state index contributed by atoms with van der Waals surface area (Å²) in [5.74, 6) is 0.407. The topological polar surface area (TPSA) is 23.5 Å². The van der Waals surface area contributed by atoms with Gasteiger partial charge in [-0.05, 0) is 33.2 Å². The first-order valence-electron chi connectivity index (χ1n) is 6.16. The zero-order valence-electron chi connectivity index (χ0n) is 9.95. The Morgan fingerprint density at radius 3 is 2.73 bits per heavy atom. The third kappa shape index (κ3) is 1.74. The molecule has 1 saturated heterocycles. The molecule has 1 aliphatic carbocycles. The predicted octanol–water partition coefficient (Wildman–Crippen LogP) is 2.19. The number of fused-ring (bicyclic) bond motifs is 1. The van der Waals surface area contributed by atoms with Crippen molar-refractivity contribution < 1.29 is 5.11 Å². The second kappa shape index (κ2) is 3.91. The predicted molar refractivity (Wildman–Crippen MR) is 62.7 cm³/mol. The van der Waals surface area contributed by atoms with Gasteiger partial charge >= 0.3 is 0 Å². The molecule has 0 spiro atoms. The van der Waals surface area contributed by atoms with Crippen LogP contribution in [0.15, 0.2) is 12.7 Å². The smallest absolute Gasteiger partial charge is 0.0882 e. The fourth-order valence-corrected chi connectivity index (χ4v) is 3.51. The first-order chi connectivity index (χ1) is 7.08. The third-order valence-electron chi connectivity index (χ3n) is 4.57. The SMILES string of the molecule is C=C[C@]1(O)C[C@@H](C)N(C)[C@H]2CCCC[C@@H]21. The number of rotatable bonds is 1. The zero-order chi connectivity index (χ0) is 11.1. The minimum absolute atomic E-state index is 0.407. The molecule has 0 unspecified atom stereocenters. The van der Waals surface area contributed by atoms with Gasteiger partial charge in [0.1, 0.15) is 0 Å². The van der Waals surface area contributed by atoms with Crippen LogP contribution in [0.25, 0.3) is 0 Å². The van der Waals surface area contributed by atoms with Crippen molar-refractivity contribution in [2.24, 2.45) is 5.92 Å². The van der Waals surface area contributed by atoms with Crippen LogP contribution in [0.2, 0.25) is 0 Å². The van der Waals surface area contributed by atoms with Gasteiger partial charge in [0.25, 0.3) is 0 Å². The quantitative estimate of drug-likeness (QED) is 0.669. The van der Waals surface area contributed by atoms with E-state index in [0.717, 1.165) is 12.8 Å². The highest BCUT2D eigenvalue weighted by Gasteiger charge is 2.47. The summed E-state index contributed by atoms with van der Waals surface area (Å²) in [4.78, 5) is 2.46. The lowest BCUT2D eigenvalue weighted by molar-refractivity contribution is -0.0970. The first-order valence-corrected chi connectivity index (χ1v) is 6.16. The number of hydrogen-bond donors (Lipinski definition) is 1. The van der Waals surface area contributed by atoms with Gasteiger partial charge in [0.2, 0.25) is 0 Å². The van der Waals surface area contributed by atoms with Gasteiger partial charge in [-0.2, -0.15) is 0 Å². The van der Waals surface area contributed by atoms with E-state index in [2.05, 4.69) is 25.5 Å². The van der Waals surface area contributed by atoms with Gasteiger partial charge in [0.15, 0.2) is 0 Å². The molecule has 2 aliphatic rings. The summed E-state index contributed by atoms with van der Waals surface area (Å²) in [5, 5.41) is 10.6. The molecule has 2 nitrogen and oxygen atoms in total. The lowest BCUT2D eigenvalue weighted by atomic mass is 9.67. The van der Waals surface area contributed by atoms with Crippen LogP contribution < -0.4 is 0 Å². The van der Waals surface area contributed by atoms with Gasteiger partial charge in [0, 0.05) is 18.0 Å². The minimum atomic E-state index is -0.614. The van der Waals surface area contributed by atoms with Gasteiger partial charge in [-0.25, -0.2) is 0 Å². The Morgan fingerprint density at radius 1 is 1.40 bits per heavy atom. The summed E-state index contributed by atoms with van der Waals surface area (Å²) in [6, 6.07) is 1.03. The molecular weight excluding hydrogens is 186 g/mol. The van der Waals surface area contributed by atoms with Crippen molar-refractivity contribution in [2.75, 3.05) is 7.05 Å². The second-order valence-corrected chi connectivity index (χ2v) is 5.37. The first kappa shape index (κ1) is 11.2. The normalized spacial score (nSPS) is 47.3.